The van der Waals surface area contributed by atoms with Crippen LogP contribution in [0, 0.1) is 5.82 Å². The second-order valence-corrected chi connectivity index (χ2v) is 5.83. The Labute approximate surface area is 153 Å². The maximum Gasteiger partial charge on any atom is 0.202 e. The van der Waals surface area contributed by atoms with Crippen LogP contribution < -0.4 is 16.5 Å². The molecule has 0 saturated carbocycles. The lowest BCUT2D eigenvalue weighted by Crippen LogP contribution is -2.22. The highest BCUT2D eigenvalue weighted by atomic mass is 35.5. The van der Waals surface area contributed by atoms with Gasteiger partial charge in [0, 0.05) is 6.54 Å². The molecule has 0 aliphatic heterocycles. The maximum atomic E-state index is 13.1. The second-order valence-electron chi connectivity index (χ2n) is 4.61. The van der Waals surface area contributed by atoms with Gasteiger partial charge in [-0.2, -0.15) is 11.8 Å². The van der Waals surface area contributed by atoms with E-state index in [0.29, 0.717) is 24.6 Å². The monoisotopic (exact) mass is 390 g/mol. The van der Waals surface area contributed by atoms with Gasteiger partial charge in [-0.3, -0.25) is 10.7 Å². The molecule has 0 atom stereocenters. The van der Waals surface area contributed by atoms with Crippen molar-refractivity contribution in [2.75, 3.05) is 30.9 Å². The van der Waals surface area contributed by atoms with E-state index in [0.717, 1.165) is 12.5 Å². The maximum absolute atomic E-state index is 13.1. The van der Waals surface area contributed by atoms with E-state index < -0.39 is 5.82 Å². The van der Waals surface area contributed by atoms with Gasteiger partial charge in [0.1, 0.15) is 5.82 Å². The first kappa shape index (κ1) is 21.2. The summed E-state index contributed by atoms with van der Waals surface area (Å²) in [6.45, 7) is 1.07. The number of aliphatic imine (C=N–C) groups is 1. The zero-order valence-corrected chi connectivity index (χ0v) is 15.4. The lowest BCUT2D eigenvalue weighted by atomic mass is 10.3. The Bertz CT molecular complexity index is 685. The van der Waals surface area contributed by atoms with E-state index in [1.54, 1.807) is 11.8 Å². The molecular weight excluding hydrogens is 371 g/mol. The zero-order valence-electron chi connectivity index (χ0n) is 13.8. The van der Waals surface area contributed by atoms with Crippen molar-refractivity contribution in [1.82, 2.24) is 15.8 Å². The number of nitrogens with zero attached hydrogens (tertiary/aromatic N) is 3. The van der Waals surface area contributed by atoms with Crippen molar-refractivity contribution >= 4 is 40.7 Å². The van der Waals surface area contributed by atoms with Gasteiger partial charge in [0.15, 0.2) is 11.5 Å². The second kappa shape index (κ2) is 11.6. The number of halogens is 2. The summed E-state index contributed by atoms with van der Waals surface area (Å²) in [5.74, 6) is -0.299. The topological polar surface area (TPSA) is 122 Å². The van der Waals surface area contributed by atoms with E-state index in [1.165, 1.54) is 12.1 Å². The Morgan fingerprint density at radius 2 is 2.16 bits per heavy atom. The summed E-state index contributed by atoms with van der Waals surface area (Å²) in [4.78, 5) is 4.09. The highest BCUT2D eigenvalue weighted by Gasteiger charge is 2.16. The van der Waals surface area contributed by atoms with Gasteiger partial charge in [0.05, 0.1) is 10.7 Å². The van der Waals surface area contributed by atoms with Crippen LogP contribution in [-0.4, -0.2) is 47.0 Å². The molecular formula is C14H20ClFN6O2S. The van der Waals surface area contributed by atoms with E-state index >= 15 is 0 Å². The number of thioether (sulfide) groups is 1. The Hall–Kier alpha value is -1.88. The van der Waals surface area contributed by atoms with Crippen molar-refractivity contribution in [2.24, 2.45) is 10.7 Å². The van der Waals surface area contributed by atoms with E-state index in [-0.39, 0.29) is 16.6 Å². The standard InChI is InChI=1S/C12H14ClFN6O2.C2H6S/c13-8-6-7(2-3-9(8)14)17-12(18-21)10-11(20-22-19-10)16-5-1-4-15;1-3-2/h2-3,6,21H,1,4-5,15H2,(H,16,20)(H,17,18);1-2H3. The minimum Gasteiger partial charge on any atom is -0.365 e. The average molecular weight is 391 g/mol. The molecule has 1 heterocycles. The van der Waals surface area contributed by atoms with Crippen LogP contribution >= 0.6 is 23.4 Å². The fourth-order valence-corrected chi connectivity index (χ4v) is 1.76. The van der Waals surface area contributed by atoms with Gasteiger partial charge in [0.2, 0.25) is 5.82 Å². The van der Waals surface area contributed by atoms with Crippen molar-refractivity contribution in [3.05, 3.63) is 34.7 Å². The van der Waals surface area contributed by atoms with Gasteiger partial charge in [-0.1, -0.05) is 11.6 Å². The number of aromatic nitrogens is 2. The zero-order chi connectivity index (χ0) is 18.7. The van der Waals surface area contributed by atoms with E-state index in [2.05, 4.69) is 25.3 Å². The summed E-state index contributed by atoms with van der Waals surface area (Å²) in [6, 6.07) is 3.87. The quantitative estimate of drug-likeness (QED) is 0.257. The van der Waals surface area contributed by atoms with Crippen LogP contribution in [0.2, 0.25) is 5.02 Å². The van der Waals surface area contributed by atoms with E-state index in [4.69, 9.17) is 17.3 Å². The molecule has 138 valence electrons. The largest absolute Gasteiger partial charge is 0.365 e. The third-order valence-electron chi connectivity index (χ3n) is 2.64. The summed E-state index contributed by atoms with van der Waals surface area (Å²) < 4.78 is 17.8. The molecule has 0 amide bonds. The first-order valence-corrected chi connectivity index (χ1v) is 9.19. The van der Waals surface area contributed by atoms with Gasteiger partial charge in [-0.25, -0.2) is 14.0 Å². The van der Waals surface area contributed by atoms with Gasteiger partial charge >= 0.3 is 0 Å². The first-order valence-electron chi connectivity index (χ1n) is 7.18. The Balaban J connectivity index is 0.000000970. The van der Waals surface area contributed by atoms with Crippen LogP contribution in [0.4, 0.5) is 15.9 Å². The number of nitrogens with two attached hydrogens (primary N) is 1. The Morgan fingerprint density at radius 3 is 2.76 bits per heavy atom. The third kappa shape index (κ3) is 6.86. The van der Waals surface area contributed by atoms with E-state index in [9.17, 15) is 9.60 Å². The number of hydrogen-bond donors (Lipinski definition) is 4. The third-order valence-corrected chi connectivity index (χ3v) is 2.93. The van der Waals surface area contributed by atoms with Crippen molar-refractivity contribution in [3.63, 3.8) is 0 Å². The fourth-order valence-electron chi connectivity index (χ4n) is 1.58. The van der Waals surface area contributed by atoms with Gasteiger partial charge in [-0.15, -0.1) is 0 Å². The number of anilines is 1. The average Bonchev–Trinajstić information content (AvgIpc) is 3.05. The minimum atomic E-state index is -0.564. The summed E-state index contributed by atoms with van der Waals surface area (Å²) in [5, 5.41) is 19.4. The first-order chi connectivity index (χ1) is 12.1. The Morgan fingerprint density at radius 1 is 1.44 bits per heavy atom. The lowest BCUT2D eigenvalue weighted by molar-refractivity contribution is 0.234. The number of benzene rings is 1. The predicted octanol–water partition coefficient (Wildman–Crippen LogP) is 2.66. The summed E-state index contributed by atoms with van der Waals surface area (Å²) >= 11 is 7.43. The van der Waals surface area contributed by atoms with Crippen molar-refractivity contribution in [3.8, 4) is 0 Å². The molecule has 5 N–H and O–H groups in total. The molecule has 0 fully saturated rings. The molecule has 0 spiro atoms. The van der Waals surface area contributed by atoms with Crippen LogP contribution in [0.5, 0.6) is 0 Å². The van der Waals surface area contributed by atoms with E-state index in [1.807, 2.05) is 18.0 Å². The van der Waals surface area contributed by atoms with Crippen LogP contribution in [0.25, 0.3) is 0 Å². The van der Waals surface area contributed by atoms with Crippen LogP contribution in [0.15, 0.2) is 27.8 Å². The van der Waals surface area contributed by atoms with Gasteiger partial charge in [-0.05, 0) is 54.0 Å². The molecule has 2 aromatic rings. The molecule has 0 unspecified atom stereocenters. The van der Waals surface area contributed by atoms with Gasteiger partial charge in [0.25, 0.3) is 0 Å². The highest BCUT2D eigenvalue weighted by Crippen LogP contribution is 2.22. The molecule has 1 aromatic carbocycles. The lowest BCUT2D eigenvalue weighted by Gasteiger charge is -2.05. The van der Waals surface area contributed by atoms with Gasteiger partial charge < -0.3 is 11.1 Å². The number of hydrogen-bond acceptors (Lipinski definition) is 8. The predicted molar refractivity (Wildman–Crippen MR) is 98.4 cm³/mol. The molecule has 0 radical (unpaired) electrons. The number of amidine groups is 1. The molecule has 0 aliphatic carbocycles. The smallest absolute Gasteiger partial charge is 0.202 e. The number of nitrogens with one attached hydrogen (secondary N) is 2. The van der Waals surface area contributed by atoms with Crippen LogP contribution in [0.1, 0.15) is 12.1 Å². The summed E-state index contributed by atoms with van der Waals surface area (Å²) in [7, 11) is 0. The SMILES string of the molecule is CSC.NCCCNc1nonc1C(=Nc1ccc(F)c(Cl)c1)NO. The van der Waals surface area contributed by atoms with Crippen molar-refractivity contribution in [1.29, 1.82) is 0 Å². The normalized spacial score (nSPS) is 10.9. The molecule has 0 saturated heterocycles. The highest BCUT2D eigenvalue weighted by molar-refractivity contribution is 7.97. The molecule has 8 nitrogen and oxygen atoms in total. The molecule has 0 aliphatic rings. The number of hydroxylamine groups is 1. The van der Waals surface area contributed by atoms with Crippen LogP contribution in [0.3, 0.4) is 0 Å². The van der Waals surface area contributed by atoms with Crippen LogP contribution in [-0.2, 0) is 0 Å². The van der Waals surface area contributed by atoms with Crippen molar-refractivity contribution in [2.45, 2.75) is 6.42 Å². The molecule has 2 rings (SSSR count). The molecule has 11 heteroatoms. The minimum absolute atomic E-state index is 0.0285. The fraction of sp³-hybridized carbons (Fsp3) is 0.357. The number of rotatable bonds is 6. The summed E-state index contributed by atoms with van der Waals surface area (Å²) in [6.07, 6.45) is 4.80. The molecule has 25 heavy (non-hydrogen) atoms. The summed E-state index contributed by atoms with van der Waals surface area (Å²) in [5.41, 5.74) is 7.79. The Kier molecular flexibility index (Phi) is 9.85. The van der Waals surface area contributed by atoms with Crippen molar-refractivity contribution < 1.29 is 14.2 Å². The molecule has 0 bridgehead atoms. The molecule has 1 aromatic heterocycles.